The van der Waals surface area contributed by atoms with Gasteiger partial charge < -0.3 is 10.2 Å². The van der Waals surface area contributed by atoms with E-state index in [1.165, 1.54) is 12.8 Å². The zero-order valence-electron chi connectivity index (χ0n) is 11.7. The fourth-order valence-corrected chi connectivity index (χ4v) is 2.64. The number of hydrogen-bond acceptors (Lipinski definition) is 4. The van der Waals surface area contributed by atoms with Crippen LogP contribution in [0.4, 0.5) is 0 Å². The molecule has 0 aromatic carbocycles. The summed E-state index contributed by atoms with van der Waals surface area (Å²) in [5.74, 6) is 2.04. The van der Waals surface area contributed by atoms with Crippen molar-refractivity contribution in [3.8, 4) is 0 Å². The Labute approximate surface area is 110 Å². The van der Waals surface area contributed by atoms with Crippen LogP contribution in [0.25, 0.3) is 0 Å². The van der Waals surface area contributed by atoms with Crippen LogP contribution >= 0.6 is 0 Å². The minimum Gasteiger partial charge on any atom is -0.444 e. The average Bonchev–Trinajstić information content (AvgIpc) is 2.87. The largest absolute Gasteiger partial charge is 0.444 e. The summed E-state index contributed by atoms with van der Waals surface area (Å²) in [4.78, 5) is 6.97. The van der Waals surface area contributed by atoms with E-state index in [0.29, 0.717) is 18.6 Å². The highest BCUT2D eigenvalue weighted by Crippen LogP contribution is 2.32. The zero-order valence-corrected chi connectivity index (χ0v) is 11.7. The first-order valence-electron chi connectivity index (χ1n) is 7.05. The number of rotatable bonds is 4. The molecule has 1 saturated heterocycles. The van der Waals surface area contributed by atoms with Crippen LogP contribution in [0, 0.1) is 0 Å². The predicted octanol–water partition coefficient (Wildman–Crippen LogP) is 2.67. The minimum absolute atomic E-state index is 0.252. The van der Waals surface area contributed by atoms with Crippen molar-refractivity contribution >= 4 is 0 Å². The molecule has 4 nitrogen and oxygen atoms in total. The highest BCUT2D eigenvalue weighted by atomic mass is 16.4. The van der Waals surface area contributed by atoms with Gasteiger partial charge in [0.25, 0.3) is 0 Å². The second kappa shape index (κ2) is 5.85. The van der Waals surface area contributed by atoms with Gasteiger partial charge in [-0.2, -0.15) is 0 Å². The van der Waals surface area contributed by atoms with Gasteiger partial charge in [-0.05, 0) is 33.2 Å². The third kappa shape index (κ3) is 2.75. The second-order valence-electron chi connectivity index (χ2n) is 5.58. The highest BCUT2D eigenvalue weighted by Gasteiger charge is 2.29. The van der Waals surface area contributed by atoms with Crippen molar-refractivity contribution in [2.45, 2.75) is 58.0 Å². The lowest BCUT2D eigenvalue weighted by Gasteiger charge is -2.36. The maximum Gasteiger partial charge on any atom is 0.211 e. The lowest BCUT2D eigenvalue weighted by atomic mass is 10.0. The number of nitrogens with two attached hydrogens (primary N) is 1. The summed E-state index contributed by atoms with van der Waals surface area (Å²) in [5.41, 5.74) is 5.67. The van der Waals surface area contributed by atoms with E-state index in [9.17, 15) is 0 Å². The van der Waals surface area contributed by atoms with Gasteiger partial charge in [0.2, 0.25) is 5.89 Å². The third-order valence-electron chi connectivity index (χ3n) is 3.87. The molecule has 0 spiro atoms. The van der Waals surface area contributed by atoms with Crippen LogP contribution in [0.3, 0.4) is 0 Å². The van der Waals surface area contributed by atoms with Crippen LogP contribution in [0.2, 0.25) is 0 Å². The van der Waals surface area contributed by atoms with E-state index in [4.69, 9.17) is 10.2 Å². The molecule has 1 aliphatic rings. The third-order valence-corrected chi connectivity index (χ3v) is 3.87. The van der Waals surface area contributed by atoms with Crippen molar-refractivity contribution in [2.24, 2.45) is 5.73 Å². The SMILES string of the molecule is CC(CN)c1cnc(C2CCCCN2C(C)C)o1. The first kappa shape index (κ1) is 13.6. The van der Waals surface area contributed by atoms with Crippen molar-refractivity contribution in [3.63, 3.8) is 0 Å². The van der Waals surface area contributed by atoms with Crippen molar-refractivity contribution in [1.29, 1.82) is 0 Å². The summed E-state index contributed by atoms with van der Waals surface area (Å²) in [6.07, 6.45) is 5.54. The van der Waals surface area contributed by atoms with Gasteiger partial charge in [0.15, 0.2) is 0 Å². The number of nitrogens with zero attached hydrogens (tertiary/aromatic N) is 2. The molecule has 0 radical (unpaired) electrons. The molecule has 1 aliphatic heterocycles. The van der Waals surface area contributed by atoms with E-state index in [0.717, 1.165) is 24.6 Å². The predicted molar refractivity (Wildman–Crippen MR) is 72.4 cm³/mol. The number of hydrogen-bond donors (Lipinski definition) is 1. The molecule has 102 valence electrons. The van der Waals surface area contributed by atoms with Gasteiger partial charge in [0.1, 0.15) is 5.76 Å². The Kier molecular flexibility index (Phi) is 4.40. The Bertz CT molecular complexity index is 375. The number of oxazole rings is 1. The molecule has 2 atom stereocenters. The van der Waals surface area contributed by atoms with Crippen LogP contribution in [0.15, 0.2) is 10.6 Å². The van der Waals surface area contributed by atoms with Gasteiger partial charge in [-0.25, -0.2) is 4.98 Å². The molecule has 2 rings (SSSR count). The zero-order chi connectivity index (χ0) is 13.1. The first-order chi connectivity index (χ1) is 8.63. The highest BCUT2D eigenvalue weighted by molar-refractivity contribution is 5.04. The van der Waals surface area contributed by atoms with E-state index >= 15 is 0 Å². The summed E-state index contributed by atoms with van der Waals surface area (Å²) in [6.45, 7) is 8.31. The molecule has 0 amide bonds. The monoisotopic (exact) mass is 251 g/mol. The van der Waals surface area contributed by atoms with Crippen molar-refractivity contribution in [3.05, 3.63) is 17.8 Å². The van der Waals surface area contributed by atoms with Crippen LogP contribution in [-0.4, -0.2) is 29.0 Å². The lowest BCUT2D eigenvalue weighted by Crippen LogP contribution is -2.38. The maximum atomic E-state index is 5.92. The van der Waals surface area contributed by atoms with Crippen LogP contribution in [-0.2, 0) is 0 Å². The van der Waals surface area contributed by atoms with Crippen molar-refractivity contribution in [1.82, 2.24) is 9.88 Å². The summed E-state index contributed by atoms with van der Waals surface area (Å²) < 4.78 is 5.92. The fraction of sp³-hybridized carbons (Fsp3) is 0.786. The van der Waals surface area contributed by atoms with Gasteiger partial charge in [-0.15, -0.1) is 0 Å². The lowest BCUT2D eigenvalue weighted by molar-refractivity contribution is 0.0912. The topological polar surface area (TPSA) is 55.3 Å². The van der Waals surface area contributed by atoms with Gasteiger partial charge in [0.05, 0.1) is 12.2 Å². The van der Waals surface area contributed by atoms with Gasteiger partial charge in [0, 0.05) is 18.5 Å². The van der Waals surface area contributed by atoms with Crippen LogP contribution in [0.5, 0.6) is 0 Å². The molecule has 1 aromatic rings. The van der Waals surface area contributed by atoms with Crippen molar-refractivity contribution < 1.29 is 4.42 Å². The Morgan fingerprint density at radius 1 is 1.44 bits per heavy atom. The van der Waals surface area contributed by atoms with Gasteiger partial charge in [-0.3, -0.25) is 4.90 Å². The molecule has 0 aliphatic carbocycles. The summed E-state index contributed by atoms with van der Waals surface area (Å²) >= 11 is 0. The molecule has 2 unspecified atom stereocenters. The van der Waals surface area contributed by atoms with E-state index in [1.807, 2.05) is 6.20 Å². The van der Waals surface area contributed by atoms with Crippen LogP contribution in [0.1, 0.15) is 63.6 Å². The molecule has 1 fully saturated rings. The van der Waals surface area contributed by atoms with E-state index < -0.39 is 0 Å². The standard InChI is InChI=1S/C14H25N3O/c1-10(2)17-7-5-4-6-12(17)14-16-9-13(18-14)11(3)8-15/h9-12H,4-8,15H2,1-3H3. The smallest absolute Gasteiger partial charge is 0.211 e. The Balaban J connectivity index is 2.15. The van der Waals surface area contributed by atoms with Crippen LogP contribution < -0.4 is 5.73 Å². The van der Waals surface area contributed by atoms with Gasteiger partial charge in [-0.1, -0.05) is 13.3 Å². The van der Waals surface area contributed by atoms with E-state index in [-0.39, 0.29) is 5.92 Å². The molecule has 2 heterocycles. The summed E-state index contributed by atoms with van der Waals surface area (Å²) in [5, 5.41) is 0. The van der Waals surface area contributed by atoms with Crippen molar-refractivity contribution in [2.75, 3.05) is 13.1 Å². The molecule has 18 heavy (non-hydrogen) atoms. The number of likely N-dealkylation sites (tertiary alicyclic amines) is 1. The maximum absolute atomic E-state index is 5.92. The normalized spacial score (nSPS) is 23.5. The molecular weight excluding hydrogens is 226 g/mol. The Hall–Kier alpha value is -0.870. The van der Waals surface area contributed by atoms with E-state index in [2.05, 4.69) is 30.7 Å². The Morgan fingerprint density at radius 3 is 2.89 bits per heavy atom. The summed E-state index contributed by atoms with van der Waals surface area (Å²) in [7, 11) is 0. The van der Waals surface area contributed by atoms with Gasteiger partial charge >= 0.3 is 0 Å². The average molecular weight is 251 g/mol. The molecule has 4 heteroatoms. The summed E-state index contributed by atoms with van der Waals surface area (Å²) in [6, 6.07) is 0.884. The quantitative estimate of drug-likeness (QED) is 0.894. The number of aromatic nitrogens is 1. The molecule has 1 aromatic heterocycles. The molecule has 0 saturated carbocycles. The second-order valence-corrected chi connectivity index (χ2v) is 5.58. The Morgan fingerprint density at radius 2 is 2.22 bits per heavy atom. The molecule has 0 bridgehead atoms. The minimum atomic E-state index is 0.252. The molecular formula is C14H25N3O. The van der Waals surface area contributed by atoms with E-state index in [1.54, 1.807) is 0 Å². The first-order valence-corrected chi connectivity index (χ1v) is 7.05. The fourth-order valence-electron chi connectivity index (χ4n) is 2.64. The number of piperidine rings is 1. The molecule has 2 N–H and O–H groups in total.